The Balaban J connectivity index is 1.94. The van der Waals surface area contributed by atoms with E-state index < -0.39 is 24.3 Å². The van der Waals surface area contributed by atoms with Crippen LogP contribution >= 0.6 is 11.3 Å². The number of carbonyl (C=O) groups excluding carboxylic acids is 2. The van der Waals surface area contributed by atoms with Crippen LogP contribution in [0.2, 0.25) is 0 Å². The predicted octanol–water partition coefficient (Wildman–Crippen LogP) is 3.66. The van der Waals surface area contributed by atoms with Crippen LogP contribution in [0.3, 0.4) is 0 Å². The summed E-state index contributed by atoms with van der Waals surface area (Å²) >= 11 is 1.04. The van der Waals surface area contributed by atoms with Crippen LogP contribution in [0, 0.1) is 6.92 Å². The van der Waals surface area contributed by atoms with Gasteiger partial charge < -0.3 is 9.64 Å². The van der Waals surface area contributed by atoms with Gasteiger partial charge in [-0.25, -0.2) is 9.48 Å². The Bertz CT molecular complexity index is 1050. The smallest absolute Gasteiger partial charge is 0.416 e. The Morgan fingerprint density at radius 1 is 1.25 bits per heavy atom. The molecule has 1 amide bonds. The number of aromatic nitrogens is 2. The summed E-state index contributed by atoms with van der Waals surface area (Å²) in [4.78, 5) is 25.8. The molecule has 0 spiro atoms. The molecule has 0 aliphatic heterocycles. The fourth-order valence-corrected chi connectivity index (χ4v) is 3.54. The molecule has 2 heterocycles. The first-order valence-electron chi connectivity index (χ1n) is 8.12. The van der Waals surface area contributed by atoms with E-state index in [4.69, 9.17) is 4.74 Å². The molecule has 0 saturated carbocycles. The number of benzene rings is 1. The number of nitrogens with zero attached hydrogens (tertiary/aromatic N) is 3. The van der Waals surface area contributed by atoms with Crippen molar-refractivity contribution < 1.29 is 27.5 Å². The zero-order valence-corrected chi connectivity index (χ0v) is 16.0. The molecule has 0 fully saturated rings. The third-order valence-electron chi connectivity index (χ3n) is 3.99. The molecule has 0 radical (unpaired) electrons. The Morgan fingerprint density at radius 2 is 1.96 bits per heavy atom. The zero-order valence-electron chi connectivity index (χ0n) is 15.2. The van der Waals surface area contributed by atoms with Crippen molar-refractivity contribution in [1.29, 1.82) is 0 Å². The minimum absolute atomic E-state index is 0.234. The summed E-state index contributed by atoms with van der Waals surface area (Å²) in [5, 5.41) is 4.92. The van der Waals surface area contributed by atoms with Gasteiger partial charge in [0.15, 0.2) is 6.61 Å². The number of fused-ring (bicyclic) bond motifs is 1. The van der Waals surface area contributed by atoms with Gasteiger partial charge in [-0.05, 0) is 31.2 Å². The highest BCUT2D eigenvalue weighted by molar-refractivity contribution is 7.20. The maximum Gasteiger partial charge on any atom is 0.416 e. The molecular formula is C18H16F3N3O3S. The van der Waals surface area contributed by atoms with Crippen molar-refractivity contribution in [2.75, 3.05) is 20.7 Å². The van der Waals surface area contributed by atoms with E-state index in [0.717, 1.165) is 23.5 Å². The molecule has 2 aromatic heterocycles. The van der Waals surface area contributed by atoms with Crippen molar-refractivity contribution in [3.63, 3.8) is 0 Å². The van der Waals surface area contributed by atoms with E-state index in [1.807, 2.05) is 0 Å². The van der Waals surface area contributed by atoms with Crippen molar-refractivity contribution in [3.05, 3.63) is 46.5 Å². The standard InChI is InChI=1S/C18H16F3N3O3S/c1-10-13-8-14(17(26)27-9-15(25)23(2)3)28-16(13)24(22-10)12-6-4-5-11(7-12)18(19,20)21/h4-8H,9H2,1-3H3. The number of hydrogen-bond donors (Lipinski definition) is 0. The lowest BCUT2D eigenvalue weighted by molar-refractivity contribution is -0.137. The molecule has 28 heavy (non-hydrogen) atoms. The number of alkyl halides is 3. The van der Waals surface area contributed by atoms with Crippen LogP contribution in [-0.4, -0.2) is 47.3 Å². The van der Waals surface area contributed by atoms with E-state index in [1.54, 1.807) is 27.1 Å². The van der Waals surface area contributed by atoms with Crippen LogP contribution in [0.4, 0.5) is 13.2 Å². The fourth-order valence-electron chi connectivity index (χ4n) is 2.46. The summed E-state index contributed by atoms with van der Waals surface area (Å²) in [5.74, 6) is -1.04. The zero-order chi connectivity index (χ0) is 20.6. The SMILES string of the molecule is Cc1nn(-c2cccc(C(F)(F)F)c2)c2sc(C(=O)OCC(=O)N(C)C)cc12. The number of halogens is 3. The normalized spacial score (nSPS) is 11.6. The molecule has 0 atom stereocenters. The predicted molar refractivity (Wildman–Crippen MR) is 97.7 cm³/mol. The molecule has 6 nitrogen and oxygen atoms in total. The van der Waals surface area contributed by atoms with Crippen molar-refractivity contribution in [1.82, 2.24) is 14.7 Å². The Hall–Kier alpha value is -2.88. The van der Waals surface area contributed by atoms with Gasteiger partial charge in [-0.1, -0.05) is 6.07 Å². The van der Waals surface area contributed by atoms with E-state index in [9.17, 15) is 22.8 Å². The summed E-state index contributed by atoms with van der Waals surface area (Å²) in [6, 6.07) is 6.36. The molecule has 0 unspecified atom stereocenters. The van der Waals surface area contributed by atoms with Gasteiger partial charge in [0.05, 0.1) is 16.9 Å². The molecule has 10 heteroatoms. The minimum atomic E-state index is -4.47. The van der Waals surface area contributed by atoms with E-state index in [0.29, 0.717) is 15.9 Å². The number of aryl methyl sites for hydroxylation is 1. The van der Waals surface area contributed by atoms with Gasteiger partial charge in [-0.2, -0.15) is 18.3 Å². The van der Waals surface area contributed by atoms with Crippen LogP contribution < -0.4 is 0 Å². The summed E-state index contributed by atoms with van der Waals surface area (Å²) in [7, 11) is 3.09. The Morgan fingerprint density at radius 3 is 2.61 bits per heavy atom. The van der Waals surface area contributed by atoms with Crippen LogP contribution in [0.25, 0.3) is 15.9 Å². The van der Waals surface area contributed by atoms with Gasteiger partial charge in [-0.15, -0.1) is 11.3 Å². The van der Waals surface area contributed by atoms with Crippen molar-refractivity contribution in [3.8, 4) is 5.69 Å². The van der Waals surface area contributed by atoms with Gasteiger partial charge in [0.1, 0.15) is 9.71 Å². The average Bonchev–Trinajstić information content (AvgIpc) is 3.19. The van der Waals surface area contributed by atoms with Gasteiger partial charge in [0.25, 0.3) is 5.91 Å². The average molecular weight is 411 g/mol. The summed E-state index contributed by atoms with van der Waals surface area (Å²) in [6.07, 6.45) is -4.47. The number of carbonyl (C=O) groups is 2. The molecule has 3 aromatic rings. The number of likely N-dealkylation sites (N-methyl/N-ethyl adjacent to an activating group) is 1. The maximum absolute atomic E-state index is 13.0. The van der Waals surface area contributed by atoms with Crippen LogP contribution in [-0.2, 0) is 15.7 Å². The highest BCUT2D eigenvalue weighted by Gasteiger charge is 2.31. The molecule has 0 aliphatic carbocycles. The number of ether oxygens (including phenoxy) is 1. The first kappa shape index (κ1) is 19.9. The quantitative estimate of drug-likeness (QED) is 0.615. The lowest BCUT2D eigenvalue weighted by atomic mass is 10.2. The van der Waals surface area contributed by atoms with Crippen molar-refractivity contribution in [2.45, 2.75) is 13.1 Å². The van der Waals surface area contributed by atoms with Gasteiger partial charge in [0.2, 0.25) is 0 Å². The first-order chi connectivity index (χ1) is 13.1. The monoisotopic (exact) mass is 411 g/mol. The molecule has 3 rings (SSSR count). The third-order valence-corrected chi connectivity index (χ3v) is 5.08. The minimum Gasteiger partial charge on any atom is -0.451 e. The molecule has 0 N–H and O–H groups in total. The Kier molecular flexibility index (Phi) is 5.16. The van der Waals surface area contributed by atoms with Crippen molar-refractivity contribution in [2.24, 2.45) is 0 Å². The molecular weight excluding hydrogens is 395 g/mol. The number of esters is 1. The Labute approximate surface area is 162 Å². The second-order valence-electron chi connectivity index (χ2n) is 6.24. The van der Waals surface area contributed by atoms with Crippen molar-refractivity contribution >= 4 is 33.4 Å². The summed E-state index contributed by atoms with van der Waals surface area (Å²) in [6.45, 7) is 1.31. The topological polar surface area (TPSA) is 64.4 Å². The second kappa shape index (κ2) is 7.27. The third kappa shape index (κ3) is 3.86. The fraction of sp³-hybridized carbons (Fsp3) is 0.278. The summed E-state index contributed by atoms with van der Waals surface area (Å²) < 4.78 is 45.4. The highest BCUT2D eigenvalue weighted by Crippen LogP contribution is 2.33. The molecule has 0 saturated heterocycles. The largest absolute Gasteiger partial charge is 0.451 e. The molecule has 0 aliphatic rings. The van der Waals surface area contributed by atoms with Crippen LogP contribution in [0.5, 0.6) is 0 Å². The highest BCUT2D eigenvalue weighted by atomic mass is 32.1. The van der Waals surface area contributed by atoms with E-state index >= 15 is 0 Å². The van der Waals surface area contributed by atoms with E-state index in [2.05, 4.69) is 5.10 Å². The number of rotatable bonds is 4. The van der Waals surface area contributed by atoms with Gasteiger partial charge in [0, 0.05) is 19.5 Å². The number of thiophene rings is 1. The maximum atomic E-state index is 13.0. The lowest BCUT2D eigenvalue weighted by Gasteiger charge is -2.10. The number of amides is 1. The van der Waals surface area contributed by atoms with E-state index in [1.165, 1.54) is 21.7 Å². The lowest BCUT2D eigenvalue weighted by Crippen LogP contribution is -2.27. The second-order valence-corrected chi connectivity index (χ2v) is 7.27. The molecule has 1 aromatic carbocycles. The van der Waals surface area contributed by atoms with Gasteiger partial charge >= 0.3 is 12.1 Å². The van der Waals surface area contributed by atoms with E-state index in [-0.39, 0.29) is 16.5 Å². The molecule has 0 bridgehead atoms. The van der Waals surface area contributed by atoms with Gasteiger partial charge in [-0.3, -0.25) is 4.79 Å². The van der Waals surface area contributed by atoms with Crippen LogP contribution in [0.15, 0.2) is 30.3 Å². The molecule has 148 valence electrons. The summed E-state index contributed by atoms with van der Waals surface area (Å²) in [5.41, 5.74) is 0.00856. The van der Waals surface area contributed by atoms with Crippen LogP contribution in [0.1, 0.15) is 20.9 Å². The first-order valence-corrected chi connectivity index (χ1v) is 8.93. The number of hydrogen-bond acceptors (Lipinski definition) is 5.